The molecule has 7 heteroatoms. The molecule has 5 nitrogen and oxygen atoms in total. The predicted octanol–water partition coefficient (Wildman–Crippen LogP) is 2.65. The molecule has 130 valence electrons. The summed E-state index contributed by atoms with van der Waals surface area (Å²) < 4.78 is 13.6. The summed E-state index contributed by atoms with van der Waals surface area (Å²) in [6.07, 6.45) is 0.610. The zero-order valence-electron chi connectivity index (χ0n) is 14.3. The van der Waals surface area contributed by atoms with Crippen LogP contribution in [-0.4, -0.2) is 38.1 Å². The minimum absolute atomic E-state index is 0.167. The molecule has 0 saturated heterocycles. The molecule has 0 atom stereocenters. The molecule has 1 aromatic carbocycles. The Morgan fingerprint density at radius 2 is 2.08 bits per heavy atom. The van der Waals surface area contributed by atoms with Gasteiger partial charge >= 0.3 is 0 Å². The van der Waals surface area contributed by atoms with Crippen molar-refractivity contribution in [2.45, 2.75) is 19.9 Å². The van der Waals surface area contributed by atoms with Gasteiger partial charge in [0.05, 0.1) is 12.2 Å². The number of guanidine groups is 1. The van der Waals surface area contributed by atoms with Crippen molar-refractivity contribution in [1.29, 1.82) is 0 Å². The fourth-order valence-corrected chi connectivity index (χ4v) is 2.84. The Balaban J connectivity index is 1.89. The highest BCUT2D eigenvalue weighted by molar-refractivity contribution is 7.13. The van der Waals surface area contributed by atoms with Crippen LogP contribution in [0.5, 0.6) is 0 Å². The summed E-state index contributed by atoms with van der Waals surface area (Å²) in [7, 11) is 3.94. The summed E-state index contributed by atoms with van der Waals surface area (Å²) in [5.41, 5.74) is 1.64. The van der Waals surface area contributed by atoms with E-state index in [9.17, 15) is 4.39 Å². The second-order valence-electron chi connectivity index (χ2n) is 5.48. The van der Waals surface area contributed by atoms with Crippen LogP contribution < -0.4 is 15.5 Å². The third-order valence-corrected chi connectivity index (χ3v) is 4.37. The van der Waals surface area contributed by atoms with Gasteiger partial charge in [-0.3, -0.25) is 0 Å². The van der Waals surface area contributed by atoms with Gasteiger partial charge in [0.25, 0.3) is 0 Å². The summed E-state index contributed by atoms with van der Waals surface area (Å²) in [6, 6.07) is 6.84. The molecule has 2 rings (SSSR count). The van der Waals surface area contributed by atoms with Crippen molar-refractivity contribution in [2.24, 2.45) is 4.99 Å². The highest BCUT2D eigenvalue weighted by Crippen LogP contribution is 2.18. The Bertz CT molecular complexity index is 669. The first-order chi connectivity index (χ1) is 11.6. The Hall–Kier alpha value is -2.15. The Morgan fingerprint density at radius 3 is 2.75 bits per heavy atom. The van der Waals surface area contributed by atoms with Crippen molar-refractivity contribution >= 4 is 22.4 Å². The summed E-state index contributed by atoms with van der Waals surface area (Å²) in [5, 5.41) is 9.41. The molecule has 0 aliphatic carbocycles. The number of aliphatic imine (C=N–C) groups is 1. The largest absolute Gasteiger partial charge is 0.357 e. The number of rotatable bonds is 7. The van der Waals surface area contributed by atoms with Gasteiger partial charge in [-0.15, -0.1) is 11.3 Å². The number of nitrogens with zero attached hydrogens (tertiary/aromatic N) is 3. The van der Waals surface area contributed by atoms with E-state index in [0.717, 1.165) is 17.4 Å². The smallest absolute Gasteiger partial charge is 0.191 e. The molecule has 0 bridgehead atoms. The number of hydrogen-bond donors (Lipinski definition) is 2. The maximum Gasteiger partial charge on any atom is 0.191 e. The van der Waals surface area contributed by atoms with Gasteiger partial charge in [0.1, 0.15) is 5.82 Å². The fourth-order valence-electron chi connectivity index (χ4n) is 2.09. The third-order valence-electron chi connectivity index (χ3n) is 3.31. The number of aromatic nitrogens is 1. The number of anilines is 1. The summed E-state index contributed by atoms with van der Waals surface area (Å²) in [5.74, 6) is 0.549. The number of hydrogen-bond acceptors (Lipinski definition) is 4. The fraction of sp³-hybridized carbons (Fsp3) is 0.412. The van der Waals surface area contributed by atoms with Gasteiger partial charge in [-0.2, -0.15) is 0 Å². The summed E-state index contributed by atoms with van der Waals surface area (Å²) in [6.45, 7) is 3.92. The van der Waals surface area contributed by atoms with Gasteiger partial charge < -0.3 is 15.5 Å². The molecule has 0 amide bonds. The first-order valence-electron chi connectivity index (χ1n) is 7.97. The average Bonchev–Trinajstić information content (AvgIpc) is 3.03. The zero-order chi connectivity index (χ0) is 17.4. The topological polar surface area (TPSA) is 52.6 Å². The van der Waals surface area contributed by atoms with E-state index in [0.29, 0.717) is 31.0 Å². The molecule has 24 heavy (non-hydrogen) atoms. The first kappa shape index (κ1) is 18.2. The first-order valence-corrected chi connectivity index (χ1v) is 8.85. The molecule has 0 aliphatic rings. The van der Waals surface area contributed by atoms with E-state index in [-0.39, 0.29) is 5.82 Å². The number of halogens is 1. The van der Waals surface area contributed by atoms with Gasteiger partial charge in [-0.25, -0.2) is 14.4 Å². The van der Waals surface area contributed by atoms with Crippen molar-refractivity contribution in [2.75, 3.05) is 32.1 Å². The van der Waals surface area contributed by atoms with Crippen LogP contribution in [0.1, 0.15) is 18.2 Å². The van der Waals surface area contributed by atoms with Crippen LogP contribution in [0.3, 0.4) is 0 Å². The van der Waals surface area contributed by atoms with Crippen molar-refractivity contribution in [3.63, 3.8) is 0 Å². The maximum atomic E-state index is 13.6. The molecule has 2 N–H and O–H groups in total. The molecule has 0 unspecified atom stereocenters. The molecule has 0 fully saturated rings. The monoisotopic (exact) mass is 349 g/mol. The van der Waals surface area contributed by atoms with Crippen LogP contribution in [0.4, 0.5) is 9.52 Å². The highest BCUT2D eigenvalue weighted by Gasteiger charge is 2.05. The van der Waals surface area contributed by atoms with Gasteiger partial charge in [0, 0.05) is 32.6 Å². The summed E-state index contributed by atoms with van der Waals surface area (Å²) >= 11 is 1.60. The molecule has 1 heterocycles. The van der Waals surface area contributed by atoms with Crippen LogP contribution in [0.2, 0.25) is 0 Å². The molecule has 0 aliphatic heterocycles. The standard InChI is InChI=1S/C17H24FN5S/c1-4-19-16(20-10-9-13-7-5-6-8-15(13)18)21-11-14-12-24-17(22-14)23(2)3/h5-8,12H,4,9-11H2,1-3H3,(H2,19,20,21). The van der Waals surface area contributed by atoms with E-state index in [4.69, 9.17) is 0 Å². The third kappa shape index (κ3) is 5.49. The van der Waals surface area contributed by atoms with Gasteiger partial charge in [0.15, 0.2) is 11.1 Å². The van der Waals surface area contributed by atoms with E-state index in [1.807, 2.05) is 37.4 Å². The van der Waals surface area contributed by atoms with Crippen molar-refractivity contribution in [3.8, 4) is 0 Å². The van der Waals surface area contributed by atoms with Crippen molar-refractivity contribution in [1.82, 2.24) is 15.6 Å². The van der Waals surface area contributed by atoms with Crippen LogP contribution in [-0.2, 0) is 13.0 Å². The van der Waals surface area contributed by atoms with Gasteiger partial charge in [0.2, 0.25) is 0 Å². The minimum Gasteiger partial charge on any atom is -0.357 e. The lowest BCUT2D eigenvalue weighted by Gasteiger charge is -2.11. The second-order valence-corrected chi connectivity index (χ2v) is 6.32. The van der Waals surface area contributed by atoms with E-state index >= 15 is 0 Å². The Kier molecular flexibility index (Phi) is 6.99. The minimum atomic E-state index is -0.167. The maximum absolute atomic E-state index is 13.6. The van der Waals surface area contributed by atoms with Crippen LogP contribution in [0, 0.1) is 5.82 Å². The lowest BCUT2D eigenvalue weighted by atomic mass is 10.1. The van der Waals surface area contributed by atoms with E-state index in [1.165, 1.54) is 6.07 Å². The predicted molar refractivity (Wildman–Crippen MR) is 99.4 cm³/mol. The molecule has 2 aromatic rings. The molecule has 0 spiro atoms. The quantitative estimate of drug-likeness (QED) is 0.596. The number of benzene rings is 1. The van der Waals surface area contributed by atoms with Crippen molar-refractivity contribution in [3.05, 3.63) is 46.7 Å². The summed E-state index contributed by atoms with van der Waals surface area (Å²) in [4.78, 5) is 11.0. The van der Waals surface area contributed by atoms with E-state index in [1.54, 1.807) is 23.5 Å². The van der Waals surface area contributed by atoms with Crippen LogP contribution >= 0.6 is 11.3 Å². The Morgan fingerprint density at radius 1 is 1.29 bits per heavy atom. The Labute approximate surface area is 146 Å². The van der Waals surface area contributed by atoms with Gasteiger partial charge in [-0.1, -0.05) is 18.2 Å². The normalized spacial score (nSPS) is 11.4. The molecule has 0 saturated carbocycles. The zero-order valence-corrected chi connectivity index (χ0v) is 15.2. The lowest BCUT2D eigenvalue weighted by molar-refractivity contribution is 0.606. The molecule has 0 radical (unpaired) electrons. The van der Waals surface area contributed by atoms with Crippen LogP contribution in [0.25, 0.3) is 0 Å². The molecular formula is C17H24FN5S. The van der Waals surface area contributed by atoms with Crippen LogP contribution in [0.15, 0.2) is 34.6 Å². The number of nitrogens with one attached hydrogen (secondary N) is 2. The molecule has 1 aromatic heterocycles. The molecular weight excluding hydrogens is 325 g/mol. The van der Waals surface area contributed by atoms with E-state index in [2.05, 4.69) is 20.6 Å². The lowest BCUT2D eigenvalue weighted by Crippen LogP contribution is -2.38. The second kappa shape index (κ2) is 9.22. The SMILES string of the molecule is CCNC(=NCc1csc(N(C)C)n1)NCCc1ccccc1F. The van der Waals surface area contributed by atoms with E-state index < -0.39 is 0 Å². The van der Waals surface area contributed by atoms with Crippen molar-refractivity contribution < 1.29 is 4.39 Å². The van der Waals surface area contributed by atoms with Gasteiger partial charge in [-0.05, 0) is 25.0 Å². The highest BCUT2D eigenvalue weighted by atomic mass is 32.1. The number of thiazole rings is 1. The average molecular weight is 349 g/mol.